The summed E-state index contributed by atoms with van der Waals surface area (Å²) in [7, 11) is 1.32. The highest BCUT2D eigenvalue weighted by Gasteiger charge is 2.35. The van der Waals surface area contributed by atoms with E-state index in [1.165, 1.54) is 25.4 Å². The van der Waals surface area contributed by atoms with E-state index in [1.54, 1.807) is 0 Å². The predicted octanol–water partition coefficient (Wildman–Crippen LogP) is 2.17. The minimum Gasteiger partial charge on any atom is -0.403 e. The van der Waals surface area contributed by atoms with Crippen LogP contribution in [0.2, 0.25) is 0 Å². The maximum Gasteiger partial charge on any atom is 0.421 e. The van der Waals surface area contributed by atoms with Gasteiger partial charge in [0.25, 0.3) is 0 Å². The number of hydrogen-bond donors (Lipinski definition) is 3. The molecule has 0 radical (unpaired) electrons. The van der Waals surface area contributed by atoms with Crippen LogP contribution in [0.15, 0.2) is 30.7 Å². The van der Waals surface area contributed by atoms with Gasteiger partial charge in [0.2, 0.25) is 5.95 Å². The number of aromatic nitrogens is 3. The van der Waals surface area contributed by atoms with Crippen molar-refractivity contribution in [3.8, 4) is 6.07 Å². The van der Waals surface area contributed by atoms with Crippen molar-refractivity contribution in [2.45, 2.75) is 6.18 Å². The third-order valence-electron chi connectivity index (χ3n) is 2.91. The fraction of sp³-hybridized carbons (Fsp3) is 0.143. The Morgan fingerprint density at radius 2 is 2.12 bits per heavy atom. The van der Waals surface area contributed by atoms with E-state index in [9.17, 15) is 13.2 Å². The molecule has 4 N–H and O–H groups in total. The number of alkyl halides is 3. The van der Waals surface area contributed by atoms with E-state index in [2.05, 4.69) is 25.6 Å². The average Bonchev–Trinajstić information content (AvgIpc) is 2.58. The van der Waals surface area contributed by atoms with Crippen molar-refractivity contribution in [3.63, 3.8) is 0 Å². The minimum atomic E-state index is -4.58. The maximum atomic E-state index is 12.8. The van der Waals surface area contributed by atoms with Crippen molar-refractivity contribution >= 4 is 17.5 Å². The molecule has 0 saturated heterocycles. The van der Waals surface area contributed by atoms with Gasteiger partial charge in [0.1, 0.15) is 11.4 Å². The van der Waals surface area contributed by atoms with Gasteiger partial charge in [-0.3, -0.25) is 4.98 Å². The lowest BCUT2D eigenvalue weighted by molar-refractivity contribution is -0.137. The number of anilines is 2. The molecule has 0 amide bonds. The van der Waals surface area contributed by atoms with Crippen LogP contribution in [0.4, 0.5) is 24.9 Å². The van der Waals surface area contributed by atoms with E-state index in [0.29, 0.717) is 17.5 Å². The van der Waals surface area contributed by atoms with Crippen LogP contribution in [0.1, 0.15) is 16.8 Å². The van der Waals surface area contributed by atoms with Crippen molar-refractivity contribution in [2.75, 3.05) is 17.7 Å². The van der Waals surface area contributed by atoms with Gasteiger partial charge in [0.15, 0.2) is 0 Å². The lowest BCUT2D eigenvalue weighted by Crippen LogP contribution is -2.14. The summed E-state index contributed by atoms with van der Waals surface area (Å²) in [4.78, 5) is 11.5. The van der Waals surface area contributed by atoms with E-state index in [-0.39, 0.29) is 17.5 Å². The van der Waals surface area contributed by atoms with Gasteiger partial charge >= 0.3 is 6.18 Å². The number of halogens is 3. The molecule has 0 saturated carbocycles. The fourth-order valence-electron chi connectivity index (χ4n) is 1.80. The van der Waals surface area contributed by atoms with Crippen LogP contribution in [-0.4, -0.2) is 22.0 Å². The Hall–Kier alpha value is -3.35. The normalized spacial score (nSPS) is 11.7. The molecule has 0 aromatic carbocycles. The van der Waals surface area contributed by atoms with Gasteiger partial charge in [0, 0.05) is 25.6 Å². The highest BCUT2D eigenvalue weighted by molar-refractivity contribution is 5.73. The van der Waals surface area contributed by atoms with E-state index < -0.39 is 11.7 Å². The van der Waals surface area contributed by atoms with Crippen molar-refractivity contribution in [2.24, 2.45) is 5.73 Å². The molecule has 2 rings (SSSR count). The Morgan fingerprint density at radius 3 is 2.71 bits per heavy atom. The molecule has 0 spiro atoms. The van der Waals surface area contributed by atoms with E-state index in [1.807, 2.05) is 6.07 Å². The molecule has 0 fully saturated rings. The quantitative estimate of drug-likeness (QED) is 0.785. The van der Waals surface area contributed by atoms with Gasteiger partial charge in [-0.2, -0.15) is 23.4 Å². The van der Waals surface area contributed by atoms with Crippen LogP contribution in [0, 0.1) is 11.3 Å². The molecule has 0 atom stereocenters. The fourth-order valence-corrected chi connectivity index (χ4v) is 1.80. The summed E-state index contributed by atoms with van der Waals surface area (Å²) in [5, 5.41) is 13.9. The van der Waals surface area contributed by atoms with Crippen molar-refractivity contribution < 1.29 is 13.2 Å². The van der Waals surface area contributed by atoms with E-state index >= 15 is 0 Å². The molecule has 0 bridgehead atoms. The minimum absolute atomic E-state index is 0.104. The molecule has 0 unspecified atom stereocenters. The van der Waals surface area contributed by atoms with Crippen molar-refractivity contribution in [1.82, 2.24) is 15.0 Å². The topological polar surface area (TPSA) is 113 Å². The van der Waals surface area contributed by atoms with Gasteiger partial charge in [0.05, 0.1) is 23.0 Å². The molecular formula is C14H12F3N7. The number of rotatable bonds is 4. The van der Waals surface area contributed by atoms with Gasteiger partial charge in [-0.05, 0) is 12.1 Å². The number of nitriles is 1. The van der Waals surface area contributed by atoms with Crippen LogP contribution in [0.3, 0.4) is 0 Å². The molecule has 2 aromatic rings. The lowest BCUT2D eigenvalue weighted by atomic mass is 10.2. The van der Waals surface area contributed by atoms with Crippen LogP contribution in [-0.2, 0) is 6.18 Å². The third kappa shape index (κ3) is 3.70. The zero-order chi connectivity index (χ0) is 17.7. The van der Waals surface area contributed by atoms with Gasteiger partial charge in [-0.25, -0.2) is 4.98 Å². The van der Waals surface area contributed by atoms with Crippen LogP contribution < -0.4 is 16.4 Å². The number of nitrogens with zero attached hydrogens (tertiary/aromatic N) is 4. The largest absolute Gasteiger partial charge is 0.421 e. The second-order valence-corrected chi connectivity index (χ2v) is 4.45. The Morgan fingerprint density at radius 1 is 1.38 bits per heavy atom. The zero-order valence-corrected chi connectivity index (χ0v) is 12.4. The van der Waals surface area contributed by atoms with Crippen LogP contribution >= 0.6 is 0 Å². The number of hydrogen-bond acceptors (Lipinski definition) is 7. The Balaban J connectivity index is 2.34. The molecule has 7 nitrogen and oxygen atoms in total. The molecule has 24 heavy (non-hydrogen) atoms. The summed E-state index contributed by atoms with van der Waals surface area (Å²) in [6, 6.07) is 4.92. The molecule has 124 valence electrons. The lowest BCUT2D eigenvalue weighted by Gasteiger charge is -2.13. The summed E-state index contributed by atoms with van der Waals surface area (Å²) >= 11 is 0. The monoisotopic (exact) mass is 335 g/mol. The first-order valence-corrected chi connectivity index (χ1v) is 6.56. The maximum absolute atomic E-state index is 12.8. The van der Waals surface area contributed by atoms with E-state index in [0.717, 1.165) is 6.20 Å². The summed E-state index contributed by atoms with van der Waals surface area (Å²) in [6.07, 6.45) is -1.35. The second kappa shape index (κ2) is 6.82. The zero-order valence-electron chi connectivity index (χ0n) is 12.4. The third-order valence-corrected chi connectivity index (χ3v) is 2.91. The van der Waals surface area contributed by atoms with Gasteiger partial charge in [-0.1, -0.05) is 0 Å². The SMILES string of the molecule is CNc1nc(NC(=CN)c2cc(C#N)ccn2)ncc1C(F)(F)F. The van der Waals surface area contributed by atoms with Crippen molar-refractivity contribution in [3.05, 3.63) is 47.5 Å². The second-order valence-electron chi connectivity index (χ2n) is 4.45. The summed E-state index contributed by atoms with van der Waals surface area (Å²) in [5.41, 5.74) is 5.45. The van der Waals surface area contributed by atoms with Crippen LogP contribution in [0.5, 0.6) is 0 Å². The molecule has 0 aliphatic heterocycles. The highest BCUT2D eigenvalue weighted by atomic mass is 19.4. The number of nitrogens with two attached hydrogens (primary N) is 1. The van der Waals surface area contributed by atoms with Crippen molar-refractivity contribution in [1.29, 1.82) is 5.26 Å². The van der Waals surface area contributed by atoms with Gasteiger partial charge in [-0.15, -0.1) is 0 Å². The summed E-state index contributed by atoms with van der Waals surface area (Å²) < 4.78 is 38.5. The number of nitrogens with one attached hydrogen (secondary N) is 2. The summed E-state index contributed by atoms with van der Waals surface area (Å²) in [6.45, 7) is 0. The Labute approximate surface area is 135 Å². The first-order valence-electron chi connectivity index (χ1n) is 6.56. The standard InChI is InChI=1S/C14H12F3N7/c1-20-12-9(14(15,16)17)7-22-13(24-12)23-11(6-19)10-4-8(5-18)2-3-21-10/h2-4,6-7H,19H2,1H3,(H2,20,22,23,24). The average molecular weight is 335 g/mol. The number of pyridine rings is 1. The Bertz CT molecular complexity index is 809. The highest BCUT2D eigenvalue weighted by Crippen LogP contribution is 2.33. The molecule has 0 aliphatic rings. The first-order chi connectivity index (χ1) is 11.4. The van der Waals surface area contributed by atoms with Gasteiger partial charge < -0.3 is 16.4 Å². The smallest absolute Gasteiger partial charge is 0.403 e. The van der Waals surface area contributed by atoms with Crippen LogP contribution in [0.25, 0.3) is 5.70 Å². The van der Waals surface area contributed by atoms with E-state index in [4.69, 9.17) is 11.0 Å². The summed E-state index contributed by atoms with van der Waals surface area (Å²) in [5.74, 6) is -0.483. The molecule has 10 heteroatoms. The Kier molecular flexibility index (Phi) is 4.84. The molecular weight excluding hydrogens is 323 g/mol. The molecule has 2 heterocycles. The first kappa shape index (κ1) is 17.0. The predicted molar refractivity (Wildman–Crippen MR) is 81.3 cm³/mol. The molecule has 2 aromatic heterocycles. The molecule has 0 aliphatic carbocycles.